The molecule has 0 fully saturated rings. The van der Waals surface area contributed by atoms with Gasteiger partial charge in [0.15, 0.2) is 5.69 Å². The van der Waals surface area contributed by atoms with E-state index >= 15 is 0 Å². The second-order valence-electron chi connectivity index (χ2n) is 4.86. The monoisotopic (exact) mass is 274 g/mol. The zero-order valence-electron chi connectivity index (χ0n) is 11.7. The van der Waals surface area contributed by atoms with Crippen LogP contribution in [0.3, 0.4) is 0 Å². The maximum absolute atomic E-state index is 9.28. The summed E-state index contributed by atoms with van der Waals surface area (Å²) in [6, 6.07) is 20.1. The van der Waals surface area contributed by atoms with E-state index in [1.165, 1.54) is 0 Å². The Hall–Kier alpha value is -2.93. The van der Waals surface area contributed by atoms with E-state index in [1.807, 2.05) is 61.5 Å². The molecule has 0 N–H and O–H groups in total. The van der Waals surface area contributed by atoms with Crippen LogP contribution in [0.4, 0.5) is 0 Å². The topological polar surface area (TPSA) is 54.5 Å². The summed E-state index contributed by atoms with van der Waals surface area (Å²) in [6.07, 6.45) is 0. The fourth-order valence-corrected chi connectivity index (χ4v) is 2.36. The molecule has 21 heavy (non-hydrogen) atoms. The summed E-state index contributed by atoms with van der Waals surface area (Å²) < 4.78 is 1.79. The molecule has 4 heteroatoms. The van der Waals surface area contributed by atoms with E-state index in [0.717, 1.165) is 22.4 Å². The van der Waals surface area contributed by atoms with Gasteiger partial charge in [-0.15, -0.1) is 5.10 Å². The molecule has 4 nitrogen and oxygen atoms in total. The minimum atomic E-state index is 0.361. The maximum atomic E-state index is 9.28. The van der Waals surface area contributed by atoms with Crippen LogP contribution in [-0.2, 0) is 6.54 Å². The van der Waals surface area contributed by atoms with Crippen LogP contribution in [-0.4, -0.2) is 15.0 Å². The van der Waals surface area contributed by atoms with Gasteiger partial charge in [0.25, 0.3) is 0 Å². The van der Waals surface area contributed by atoms with Crippen LogP contribution in [0, 0.1) is 18.3 Å². The van der Waals surface area contributed by atoms with Crippen molar-refractivity contribution in [2.45, 2.75) is 13.5 Å². The number of rotatable bonds is 3. The summed E-state index contributed by atoms with van der Waals surface area (Å²) in [7, 11) is 0. The molecule has 0 unspecified atom stereocenters. The maximum Gasteiger partial charge on any atom is 0.190 e. The van der Waals surface area contributed by atoms with Crippen LogP contribution in [0.2, 0.25) is 0 Å². The Kier molecular flexibility index (Phi) is 3.48. The van der Waals surface area contributed by atoms with E-state index in [4.69, 9.17) is 0 Å². The fraction of sp³-hybridized carbons (Fsp3) is 0.118. The summed E-state index contributed by atoms with van der Waals surface area (Å²) in [6.45, 7) is 2.62. The van der Waals surface area contributed by atoms with Gasteiger partial charge in [-0.05, 0) is 18.1 Å². The number of hydrogen-bond acceptors (Lipinski definition) is 3. The molecule has 0 amide bonds. The van der Waals surface area contributed by atoms with Crippen LogP contribution >= 0.6 is 0 Å². The van der Waals surface area contributed by atoms with Gasteiger partial charge in [0, 0.05) is 5.56 Å². The fourth-order valence-electron chi connectivity index (χ4n) is 2.36. The van der Waals surface area contributed by atoms with Crippen molar-refractivity contribution in [1.29, 1.82) is 5.26 Å². The predicted octanol–water partition coefficient (Wildman–Crippen LogP) is 3.17. The van der Waals surface area contributed by atoms with Crippen molar-refractivity contribution in [2.24, 2.45) is 0 Å². The highest BCUT2D eigenvalue weighted by molar-refractivity contribution is 5.68. The lowest BCUT2D eigenvalue weighted by Gasteiger charge is -2.09. The minimum absolute atomic E-state index is 0.361. The van der Waals surface area contributed by atoms with E-state index in [-0.39, 0.29) is 0 Å². The second kappa shape index (κ2) is 5.59. The molecule has 1 aromatic heterocycles. The van der Waals surface area contributed by atoms with Crippen molar-refractivity contribution in [2.75, 3.05) is 0 Å². The van der Waals surface area contributed by atoms with Gasteiger partial charge >= 0.3 is 0 Å². The highest BCUT2D eigenvalue weighted by Crippen LogP contribution is 2.25. The first-order valence-electron chi connectivity index (χ1n) is 6.73. The molecule has 0 radical (unpaired) electrons. The van der Waals surface area contributed by atoms with E-state index in [9.17, 15) is 5.26 Å². The van der Waals surface area contributed by atoms with Crippen molar-refractivity contribution < 1.29 is 0 Å². The van der Waals surface area contributed by atoms with Gasteiger partial charge < -0.3 is 0 Å². The Morgan fingerprint density at radius 1 is 1.05 bits per heavy atom. The Morgan fingerprint density at radius 3 is 2.48 bits per heavy atom. The molecule has 102 valence electrons. The molecule has 0 bridgehead atoms. The highest BCUT2D eigenvalue weighted by Gasteiger charge is 2.16. The number of hydrogen-bond donors (Lipinski definition) is 0. The molecule has 0 saturated carbocycles. The van der Waals surface area contributed by atoms with Gasteiger partial charge in [0.1, 0.15) is 11.8 Å². The van der Waals surface area contributed by atoms with Crippen LogP contribution in [0.1, 0.15) is 16.8 Å². The summed E-state index contributed by atoms with van der Waals surface area (Å²) in [5, 5.41) is 17.4. The molecule has 0 aliphatic heterocycles. The van der Waals surface area contributed by atoms with Gasteiger partial charge in [-0.3, -0.25) is 0 Å². The molecule has 0 spiro atoms. The van der Waals surface area contributed by atoms with Gasteiger partial charge in [-0.2, -0.15) is 5.26 Å². The summed E-state index contributed by atoms with van der Waals surface area (Å²) >= 11 is 0. The van der Waals surface area contributed by atoms with Crippen LogP contribution in [0.15, 0.2) is 54.6 Å². The van der Waals surface area contributed by atoms with Crippen molar-refractivity contribution in [3.05, 3.63) is 71.4 Å². The Morgan fingerprint density at radius 2 is 1.76 bits per heavy atom. The van der Waals surface area contributed by atoms with E-state index in [1.54, 1.807) is 4.68 Å². The zero-order chi connectivity index (χ0) is 14.7. The lowest BCUT2D eigenvalue weighted by atomic mass is 10.0. The molecule has 0 atom stereocenters. The number of aryl methyl sites for hydroxylation is 1. The molecular formula is C17H14N4. The molecule has 2 aromatic carbocycles. The third kappa shape index (κ3) is 2.54. The van der Waals surface area contributed by atoms with Crippen molar-refractivity contribution in [3.8, 4) is 17.3 Å². The number of nitrogens with zero attached hydrogens (tertiary/aromatic N) is 4. The molecule has 0 saturated heterocycles. The molecule has 1 heterocycles. The van der Waals surface area contributed by atoms with Crippen LogP contribution in [0.5, 0.6) is 0 Å². The number of benzene rings is 2. The van der Waals surface area contributed by atoms with Crippen LogP contribution in [0.25, 0.3) is 11.3 Å². The third-order valence-corrected chi connectivity index (χ3v) is 3.42. The largest absolute Gasteiger partial charge is 0.239 e. The average Bonchev–Trinajstić information content (AvgIpc) is 2.91. The first-order valence-corrected chi connectivity index (χ1v) is 6.73. The van der Waals surface area contributed by atoms with Gasteiger partial charge in [-0.1, -0.05) is 59.8 Å². The highest BCUT2D eigenvalue weighted by atomic mass is 15.4. The molecular weight excluding hydrogens is 260 g/mol. The Bertz CT molecular complexity index is 797. The van der Waals surface area contributed by atoms with Crippen LogP contribution < -0.4 is 0 Å². The van der Waals surface area contributed by atoms with Crippen molar-refractivity contribution in [3.63, 3.8) is 0 Å². The van der Waals surface area contributed by atoms with E-state index in [2.05, 4.69) is 16.4 Å². The number of aromatic nitrogens is 3. The number of nitriles is 1. The molecule has 3 rings (SSSR count). The lowest BCUT2D eigenvalue weighted by molar-refractivity contribution is 0.655. The summed E-state index contributed by atoms with van der Waals surface area (Å²) in [4.78, 5) is 0. The molecule has 3 aromatic rings. The first kappa shape index (κ1) is 13.1. The SMILES string of the molecule is Cc1ccccc1-c1c(C#N)nnn1Cc1ccccc1. The minimum Gasteiger partial charge on any atom is -0.239 e. The van der Waals surface area contributed by atoms with Crippen molar-refractivity contribution in [1.82, 2.24) is 15.0 Å². The Labute approximate surface area is 123 Å². The third-order valence-electron chi connectivity index (χ3n) is 3.42. The average molecular weight is 274 g/mol. The van der Waals surface area contributed by atoms with E-state index < -0.39 is 0 Å². The lowest BCUT2D eigenvalue weighted by Crippen LogP contribution is -2.05. The summed E-state index contributed by atoms with van der Waals surface area (Å²) in [5.41, 5.74) is 4.36. The quantitative estimate of drug-likeness (QED) is 0.737. The zero-order valence-corrected chi connectivity index (χ0v) is 11.7. The normalized spacial score (nSPS) is 10.3. The van der Waals surface area contributed by atoms with Gasteiger partial charge in [0.05, 0.1) is 6.54 Å². The molecule has 0 aliphatic carbocycles. The smallest absolute Gasteiger partial charge is 0.190 e. The predicted molar refractivity (Wildman–Crippen MR) is 80.5 cm³/mol. The standard InChI is InChI=1S/C17H14N4/c1-13-7-5-6-10-15(13)17-16(11-18)19-20-21(17)12-14-8-3-2-4-9-14/h2-10H,12H2,1H3. The van der Waals surface area contributed by atoms with E-state index in [0.29, 0.717) is 12.2 Å². The summed E-state index contributed by atoms with van der Waals surface area (Å²) in [5.74, 6) is 0. The van der Waals surface area contributed by atoms with Gasteiger partial charge in [0.2, 0.25) is 0 Å². The van der Waals surface area contributed by atoms with Crippen molar-refractivity contribution >= 4 is 0 Å². The van der Waals surface area contributed by atoms with Gasteiger partial charge in [-0.25, -0.2) is 4.68 Å². The second-order valence-corrected chi connectivity index (χ2v) is 4.86. The molecule has 0 aliphatic rings. The Balaban J connectivity index is 2.10. The first-order chi connectivity index (χ1) is 10.3.